The van der Waals surface area contributed by atoms with E-state index in [0.717, 1.165) is 17.3 Å². The van der Waals surface area contributed by atoms with Crippen molar-refractivity contribution in [1.29, 1.82) is 0 Å². The van der Waals surface area contributed by atoms with Gasteiger partial charge in [0.1, 0.15) is 6.29 Å². The van der Waals surface area contributed by atoms with Crippen LogP contribution in [0, 0.1) is 5.41 Å². The topological polar surface area (TPSA) is 20.3 Å². The normalized spacial score (nSPS) is 20.9. The molecule has 1 aliphatic carbocycles. The number of rotatable bonds is 2. The predicted octanol–water partition coefficient (Wildman–Crippen LogP) is 2.92. The molecule has 2 aliphatic rings. The average Bonchev–Trinajstić information content (AvgIpc) is 3.16. The van der Waals surface area contributed by atoms with E-state index in [-0.39, 0.29) is 0 Å². The number of hydrogen-bond acceptors (Lipinski definition) is 2. The summed E-state index contributed by atoms with van der Waals surface area (Å²) in [6.07, 6.45) is 7.45. The van der Waals surface area contributed by atoms with Crippen molar-refractivity contribution >= 4 is 6.29 Å². The summed E-state index contributed by atoms with van der Waals surface area (Å²) in [5, 5.41) is 0. The van der Waals surface area contributed by atoms with Gasteiger partial charge >= 0.3 is 0 Å². The second kappa shape index (κ2) is 6.14. The van der Waals surface area contributed by atoms with Gasteiger partial charge in [0.05, 0.1) is 0 Å². The number of nitrogens with zero attached hydrogens (tertiary/aromatic N) is 1. The minimum Gasteiger partial charge on any atom is -0.306 e. The van der Waals surface area contributed by atoms with E-state index in [1.165, 1.54) is 38.8 Å². The van der Waals surface area contributed by atoms with Crippen LogP contribution in [0.1, 0.15) is 31.2 Å². The molecule has 2 nitrogen and oxygen atoms in total. The highest BCUT2D eigenvalue weighted by atomic mass is 16.1. The molecule has 2 heteroatoms. The third-order valence-electron chi connectivity index (χ3n) is 4.17. The minimum absolute atomic E-state index is 0.529. The summed E-state index contributed by atoms with van der Waals surface area (Å²) in [5.74, 6) is 0. The highest BCUT2D eigenvalue weighted by Gasteiger charge is 2.43. The Morgan fingerprint density at radius 1 is 1.11 bits per heavy atom. The van der Waals surface area contributed by atoms with Gasteiger partial charge in [-0.2, -0.15) is 0 Å². The van der Waals surface area contributed by atoms with Crippen LogP contribution < -0.4 is 0 Å². The first-order valence-electron chi connectivity index (χ1n) is 6.90. The van der Waals surface area contributed by atoms with Crippen LogP contribution in [0.4, 0.5) is 0 Å². The highest BCUT2D eigenvalue weighted by molar-refractivity contribution is 5.54. The van der Waals surface area contributed by atoms with E-state index in [0.29, 0.717) is 6.42 Å². The molecule has 3 rings (SSSR count). The molecule has 1 aliphatic heterocycles. The molecule has 1 spiro atoms. The van der Waals surface area contributed by atoms with Gasteiger partial charge in [-0.05, 0) is 56.8 Å². The van der Waals surface area contributed by atoms with Crippen LogP contribution in [-0.4, -0.2) is 31.3 Å². The standard InChI is InChI=1S/C8H15N.C8H8O/c1-9-6-4-8(2-3-8)5-7-9;9-7-6-8-4-2-1-3-5-8/h2-7H2,1H3;1-5,7H,6H2. The van der Waals surface area contributed by atoms with E-state index < -0.39 is 0 Å². The Morgan fingerprint density at radius 2 is 1.72 bits per heavy atom. The Balaban J connectivity index is 0.000000134. The molecule has 0 N–H and O–H groups in total. The predicted molar refractivity (Wildman–Crippen MR) is 74.6 cm³/mol. The first kappa shape index (κ1) is 13.3. The van der Waals surface area contributed by atoms with Gasteiger partial charge in [0, 0.05) is 6.42 Å². The van der Waals surface area contributed by atoms with Crippen molar-refractivity contribution in [1.82, 2.24) is 4.90 Å². The van der Waals surface area contributed by atoms with E-state index in [9.17, 15) is 4.79 Å². The lowest BCUT2D eigenvalue weighted by molar-refractivity contribution is -0.107. The quantitative estimate of drug-likeness (QED) is 0.747. The second-order valence-electron chi connectivity index (χ2n) is 5.66. The highest BCUT2D eigenvalue weighted by Crippen LogP contribution is 2.53. The fourth-order valence-corrected chi connectivity index (χ4v) is 2.48. The monoisotopic (exact) mass is 245 g/mol. The van der Waals surface area contributed by atoms with Crippen LogP contribution in [0.3, 0.4) is 0 Å². The molecule has 1 saturated carbocycles. The van der Waals surface area contributed by atoms with Crippen LogP contribution in [0.25, 0.3) is 0 Å². The summed E-state index contributed by atoms with van der Waals surface area (Å²) >= 11 is 0. The number of likely N-dealkylation sites (tertiary alicyclic amines) is 1. The van der Waals surface area contributed by atoms with Gasteiger partial charge in [-0.25, -0.2) is 0 Å². The molecule has 0 unspecified atom stereocenters. The maximum absolute atomic E-state index is 9.97. The first-order valence-corrected chi connectivity index (χ1v) is 6.90. The Kier molecular flexibility index (Phi) is 4.54. The lowest BCUT2D eigenvalue weighted by Gasteiger charge is -2.28. The van der Waals surface area contributed by atoms with Crippen molar-refractivity contribution in [3.63, 3.8) is 0 Å². The van der Waals surface area contributed by atoms with Gasteiger partial charge in [-0.15, -0.1) is 0 Å². The van der Waals surface area contributed by atoms with Crippen molar-refractivity contribution in [3.05, 3.63) is 35.9 Å². The molecular formula is C16H23NO. The Morgan fingerprint density at radius 3 is 2.22 bits per heavy atom. The Hall–Kier alpha value is -1.15. The largest absolute Gasteiger partial charge is 0.306 e. The summed E-state index contributed by atoms with van der Waals surface area (Å²) in [7, 11) is 2.23. The Bertz CT molecular complexity index is 360. The van der Waals surface area contributed by atoms with Gasteiger partial charge in [-0.3, -0.25) is 0 Å². The van der Waals surface area contributed by atoms with Crippen LogP contribution in [-0.2, 0) is 11.2 Å². The maximum Gasteiger partial charge on any atom is 0.124 e. The number of carbonyl (C=O) groups excluding carboxylic acids is 1. The van der Waals surface area contributed by atoms with Gasteiger partial charge in [0.15, 0.2) is 0 Å². The number of hydrogen-bond donors (Lipinski definition) is 0. The minimum atomic E-state index is 0.529. The SMILES string of the molecule is CN1CCC2(CC1)CC2.O=CCc1ccccc1. The molecule has 1 aromatic carbocycles. The van der Waals surface area contributed by atoms with E-state index >= 15 is 0 Å². The van der Waals surface area contributed by atoms with Gasteiger partial charge < -0.3 is 9.69 Å². The van der Waals surface area contributed by atoms with E-state index in [2.05, 4.69) is 11.9 Å². The van der Waals surface area contributed by atoms with Gasteiger partial charge in [-0.1, -0.05) is 30.3 Å². The number of piperidine rings is 1. The van der Waals surface area contributed by atoms with Crippen molar-refractivity contribution in [2.75, 3.05) is 20.1 Å². The van der Waals surface area contributed by atoms with Crippen molar-refractivity contribution in [2.45, 2.75) is 32.1 Å². The number of aldehydes is 1. The molecular weight excluding hydrogens is 222 g/mol. The zero-order valence-electron chi connectivity index (χ0n) is 11.3. The molecule has 0 aromatic heterocycles. The molecule has 0 radical (unpaired) electrons. The third-order valence-corrected chi connectivity index (χ3v) is 4.17. The van der Waals surface area contributed by atoms with Crippen molar-refractivity contribution < 1.29 is 4.79 Å². The summed E-state index contributed by atoms with van der Waals surface area (Å²) in [6, 6.07) is 9.68. The maximum atomic E-state index is 9.97. The second-order valence-corrected chi connectivity index (χ2v) is 5.66. The van der Waals surface area contributed by atoms with Crippen LogP contribution in [0.15, 0.2) is 30.3 Å². The van der Waals surface area contributed by atoms with E-state index in [1.807, 2.05) is 30.3 Å². The molecule has 0 bridgehead atoms. The molecule has 18 heavy (non-hydrogen) atoms. The fraction of sp³-hybridized carbons (Fsp3) is 0.562. The zero-order valence-corrected chi connectivity index (χ0v) is 11.3. The third kappa shape index (κ3) is 3.95. The number of carbonyl (C=O) groups is 1. The van der Waals surface area contributed by atoms with Gasteiger partial charge in [0.25, 0.3) is 0 Å². The van der Waals surface area contributed by atoms with E-state index in [1.54, 1.807) is 0 Å². The zero-order chi connectivity index (χ0) is 12.8. The molecule has 1 aromatic rings. The molecule has 98 valence electrons. The fourth-order valence-electron chi connectivity index (χ4n) is 2.48. The average molecular weight is 245 g/mol. The lowest BCUT2D eigenvalue weighted by Crippen LogP contribution is -2.30. The van der Waals surface area contributed by atoms with E-state index in [4.69, 9.17) is 0 Å². The summed E-state index contributed by atoms with van der Waals surface area (Å²) in [5.41, 5.74) is 1.94. The molecule has 1 heterocycles. The molecule has 1 saturated heterocycles. The van der Waals surface area contributed by atoms with Crippen LogP contribution >= 0.6 is 0 Å². The first-order chi connectivity index (χ1) is 8.74. The lowest BCUT2D eigenvalue weighted by atomic mass is 9.94. The Labute approximate surface area is 110 Å². The van der Waals surface area contributed by atoms with Crippen molar-refractivity contribution in [3.8, 4) is 0 Å². The smallest absolute Gasteiger partial charge is 0.124 e. The summed E-state index contributed by atoms with van der Waals surface area (Å²) < 4.78 is 0. The van der Waals surface area contributed by atoms with Crippen LogP contribution in [0.2, 0.25) is 0 Å². The molecule has 0 amide bonds. The van der Waals surface area contributed by atoms with Crippen molar-refractivity contribution in [2.24, 2.45) is 5.41 Å². The summed E-state index contributed by atoms with van der Waals surface area (Å²) in [6.45, 7) is 2.69. The molecule has 2 fully saturated rings. The van der Waals surface area contributed by atoms with Gasteiger partial charge in [0.2, 0.25) is 0 Å². The number of benzene rings is 1. The van der Waals surface area contributed by atoms with Crippen LogP contribution in [0.5, 0.6) is 0 Å². The molecule has 0 atom stereocenters. The summed E-state index contributed by atoms with van der Waals surface area (Å²) in [4.78, 5) is 12.4.